The molecule has 0 saturated carbocycles. The molecule has 0 saturated heterocycles. The number of hydrogen-bond acceptors (Lipinski definition) is 4. The van der Waals surface area contributed by atoms with Crippen molar-refractivity contribution in [1.29, 1.82) is 0 Å². The fraction of sp³-hybridized carbons (Fsp3) is 0.174. The molecular weight excluding hydrogens is 455 g/mol. The van der Waals surface area contributed by atoms with Crippen molar-refractivity contribution < 1.29 is 22.3 Å². The molecule has 0 aliphatic rings. The summed E-state index contributed by atoms with van der Waals surface area (Å²) >= 11 is 6.13. The Bertz CT molecular complexity index is 1200. The Labute approximate surface area is 191 Å². The van der Waals surface area contributed by atoms with E-state index in [1.807, 2.05) is 6.92 Å². The summed E-state index contributed by atoms with van der Waals surface area (Å²) in [6.45, 7) is 2.59. The second-order valence-electron chi connectivity index (χ2n) is 6.84. The summed E-state index contributed by atoms with van der Waals surface area (Å²) in [5.41, 5.74) is 1.11. The normalized spacial score (nSPS) is 11.1. The molecule has 1 amide bonds. The highest BCUT2D eigenvalue weighted by atomic mass is 35.5. The summed E-state index contributed by atoms with van der Waals surface area (Å²) in [6.07, 6.45) is 0.415. The lowest BCUT2D eigenvalue weighted by molar-refractivity contribution is 0.0954. The van der Waals surface area contributed by atoms with Crippen LogP contribution in [0.15, 0.2) is 71.6 Å². The number of amides is 1. The van der Waals surface area contributed by atoms with Gasteiger partial charge < -0.3 is 10.1 Å². The lowest BCUT2D eigenvalue weighted by Gasteiger charge is -2.12. The van der Waals surface area contributed by atoms with E-state index in [9.17, 15) is 17.6 Å². The minimum atomic E-state index is -3.95. The number of ether oxygens (including phenoxy) is 1. The maximum absolute atomic E-state index is 13.3. The number of nitrogens with one attached hydrogen (secondary N) is 2. The summed E-state index contributed by atoms with van der Waals surface area (Å²) in [4.78, 5) is 12.5. The zero-order chi connectivity index (χ0) is 23.1. The fourth-order valence-corrected chi connectivity index (χ4v) is 4.24. The second-order valence-corrected chi connectivity index (χ2v) is 8.93. The molecule has 0 atom stereocenters. The highest BCUT2D eigenvalue weighted by molar-refractivity contribution is 7.92. The molecule has 0 radical (unpaired) electrons. The number of anilines is 1. The van der Waals surface area contributed by atoms with Gasteiger partial charge in [0.05, 0.1) is 22.1 Å². The minimum absolute atomic E-state index is 0.0282. The average molecular weight is 477 g/mol. The molecular formula is C23H22ClFN2O4S. The largest absolute Gasteiger partial charge is 0.494 e. The quantitative estimate of drug-likeness (QED) is 0.470. The molecule has 2 N–H and O–H groups in total. The van der Waals surface area contributed by atoms with Crippen LogP contribution in [0.2, 0.25) is 5.02 Å². The number of benzene rings is 3. The van der Waals surface area contributed by atoms with E-state index in [-0.39, 0.29) is 27.8 Å². The monoisotopic (exact) mass is 476 g/mol. The van der Waals surface area contributed by atoms with Crippen molar-refractivity contribution in [3.8, 4) is 5.75 Å². The Balaban J connectivity index is 1.69. The Hall–Kier alpha value is -3.10. The third-order valence-corrected chi connectivity index (χ3v) is 6.21. The van der Waals surface area contributed by atoms with E-state index < -0.39 is 15.9 Å². The molecule has 3 aromatic carbocycles. The zero-order valence-corrected chi connectivity index (χ0v) is 18.8. The van der Waals surface area contributed by atoms with Crippen molar-refractivity contribution in [2.75, 3.05) is 17.9 Å². The van der Waals surface area contributed by atoms with Gasteiger partial charge in [0.15, 0.2) is 0 Å². The van der Waals surface area contributed by atoms with Crippen molar-refractivity contribution in [1.82, 2.24) is 5.32 Å². The van der Waals surface area contributed by atoms with Crippen molar-refractivity contribution in [3.05, 3.63) is 88.7 Å². The molecule has 0 bridgehead atoms. The number of hydrogen-bond donors (Lipinski definition) is 2. The summed E-state index contributed by atoms with van der Waals surface area (Å²) in [7, 11) is -3.95. The van der Waals surface area contributed by atoms with E-state index in [0.29, 0.717) is 24.5 Å². The number of rotatable bonds is 9. The summed E-state index contributed by atoms with van der Waals surface area (Å²) in [6, 6.07) is 16.4. The molecule has 0 spiro atoms. The summed E-state index contributed by atoms with van der Waals surface area (Å²) < 4.78 is 46.6. The van der Waals surface area contributed by atoms with Crippen molar-refractivity contribution >= 4 is 33.2 Å². The van der Waals surface area contributed by atoms with Gasteiger partial charge in [0.25, 0.3) is 15.9 Å². The van der Waals surface area contributed by atoms with Crippen LogP contribution in [-0.2, 0) is 16.4 Å². The molecule has 168 valence electrons. The van der Waals surface area contributed by atoms with E-state index in [4.69, 9.17) is 16.3 Å². The number of sulfonamides is 1. The first-order valence-corrected chi connectivity index (χ1v) is 11.7. The molecule has 3 aromatic rings. The smallest absolute Gasteiger partial charge is 0.261 e. The number of carbonyl (C=O) groups excluding carboxylic acids is 1. The molecule has 32 heavy (non-hydrogen) atoms. The van der Waals surface area contributed by atoms with Crippen LogP contribution in [0, 0.1) is 5.82 Å². The molecule has 0 heterocycles. The second kappa shape index (κ2) is 10.5. The first-order chi connectivity index (χ1) is 15.3. The highest BCUT2D eigenvalue weighted by Gasteiger charge is 2.19. The zero-order valence-electron chi connectivity index (χ0n) is 17.3. The van der Waals surface area contributed by atoms with Crippen LogP contribution in [0.4, 0.5) is 10.1 Å². The lowest BCUT2D eigenvalue weighted by atomic mass is 10.1. The van der Waals surface area contributed by atoms with Crippen LogP contribution in [0.5, 0.6) is 5.75 Å². The maximum Gasteiger partial charge on any atom is 0.261 e. The Morgan fingerprint density at radius 2 is 1.81 bits per heavy atom. The number of halogens is 2. The molecule has 9 heteroatoms. The average Bonchev–Trinajstić information content (AvgIpc) is 2.75. The number of carbonyl (C=O) groups is 1. The molecule has 0 aliphatic heterocycles. The van der Waals surface area contributed by atoms with Crippen molar-refractivity contribution in [3.63, 3.8) is 0 Å². The van der Waals surface area contributed by atoms with Gasteiger partial charge in [-0.15, -0.1) is 0 Å². The molecule has 6 nitrogen and oxygen atoms in total. The first kappa shape index (κ1) is 23.6. The standard InChI is InChI=1S/C23H22ClFN2O4S/c1-2-31-19-8-6-18(7-9-19)27-32(29,30)20-10-11-22(24)21(15-20)23(28)26-13-12-16-4-3-5-17(25)14-16/h3-11,14-15,27H,2,12-13H2,1H3,(H,26,28). The van der Waals surface area contributed by atoms with Gasteiger partial charge in [0.2, 0.25) is 0 Å². The lowest BCUT2D eigenvalue weighted by Crippen LogP contribution is -2.26. The van der Waals surface area contributed by atoms with Crippen LogP contribution < -0.4 is 14.8 Å². The Morgan fingerprint density at radius 3 is 2.50 bits per heavy atom. The van der Waals surface area contributed by atoms with Crippen molar-refractivity contribution in [2.45, 2.75) is 18.2 Å². The first-order valence-electron chi connectivity index (χ1n) is 9.86. The van der Waals surface area contributed by atoms with Crippen LogP contribution in [-0.4, -0.2) is 27.5 Å². The Kier molecular flexibility index (Phi) is 7.71. The fourth-order valence-electron chi connectivity index (χ4n) is 2.95. The van der Waals surface area contributed by atoms with Gasteiger partial charge in [0, 0.05) is 12.2 Å². The van der Waals surface area contributed by atoms with Gasteiger partial charge in [-0.25, -0.2) is 12.8 Å². The predicted octanol–water partition coefficient (Wildman–Crippen LogP) is 4.65. The summed E-state index contributed by atoms with van der Waals surface area (Å²) in [5, 5.41) is 2.80. The van der Waals surface area contributed by atoms with Gasteiger partial charge in [-0.1, -0.05) is 23.7 Å². The molecule has 0 aliphatic carbocycles. The maximum atomic E-state index is 13.3. The van der Waals surface area contributed by atoms with E-state index in [1.165, 1.54) is 30.3 Å². The highest BCUT2D eigenvalue weighted by Crippen LogP contribution is 2.23. The van der Waals surface area contributed by atoms with E-state index in [1.54, 1.807) is 36.4 Å². The van der Waals surface area contributed by atoms with Crippen LogP contribution in [0.1, 0.15) is 22.8 Å². The predicted molar refractivity (Wildman–Crippen MR) is 122 cm³/mol. The summed E-state index contributed by atoms with van der Waals surface area (Å²) in [5.74, 6) is -0.251. The van der Waals surface area contributed by atoms with Gasteiger partial charge in [-0.05, 0) is 73.5 Å². The van der Waals surface area contributed by atoms with Gasteiger partial charge in [0.1, 0.15) is 11.6 Å². The van der Waals surface area contributed by atoms with Gasteiger partial charge in [-0.3, -0.25) is 9.52 Å². The topological polar surface area (TPSA) is 84.5 Å². The van der Waals surface area contributed by atoms with Gasteiger partial charge in [-0.2, -0.15) is 0 Å². The third kappa shape index (κ3) is 6.21. The minimum Gasteiger partial charge on any atom is -0.494 e. The van der Waals surface area contributed by atoms with E-state index in [2.05, 4.69) is 10.0 Å². The third-order valence-electron chi connectivity index (χ3n) is 4.50. The van der Waals surface area contributed by atoms with E-state index >= 15 is 0 Å². The molecule has 0 unspecified atom stereocenters. The van der Waals surface area contributed by atoms with Crippen LogP contribution in [0.25, 0.3) is 0 Å². The van der Waals surface area contributed by atoms with Crippen molar-refractivity contribution in [2.24, 2.45) is 0 Å². The molecule has 0 aromatic heterocycles. The van der Waals surface area contributed by atoms with E-state index in [0.717, 1.165) is 5.56 Å². The van der Waals surface area contributed by atoms with Crippen LogP contribution >= 0.6 is 11.6 Å². The SMILES string of the molecule is CCOc1ccc(NS(=O)(=O)c2ccc(Cl)c(C(=O)NCCc3cccc(F)c3)c2)cc1. The Morgan fingerprint density at radius 1 is 1.06 bits per heavy atom. The van der Waals surface area contributed by atoms with Crippen LogP contribution in [0.3, 0.4) is 0 Å². The molecule has 0 fully saturated rings. The van der Waals surface area contributed by atoms with Gasteiger partial charge >= 0.3 is 0 Å². The molecule has 3 rings (SSSR count).